The van der Waals surface area contributed by atoms with Gasteiger partial charge in [0.15, 0.2) is 0 Å². The number of carbonyl (C=O) groups excluding carboxylic acids is 1. The summed E-state index contributed by atoms with van der Waals surface area (Å²) >= 11 is 5.76. The van der Waals surface area contributed by atoms with Gasteiger partial charge in [0.2, 0.25) is 5.91 Å². The molecule has 1 rings (SSSR count). The molecule has 1 heterocycles. The molecule has 0 saturated carbocycles. The van der Waals surface area contributed by atoms with Gasteiger partial charge in [0.25, 0.3) is 0 Å². The van der Waals surface area contributed by atoms with E-state index >= 15 is 0 Å². The Morgan fingerprint density at radius 3 is 2.81 bits per heavy atom. The Kier molecular flexibility index (Phi) is 5.08. The Hall–Kier alpha value is -0.750. The fraction of sp³-hybridized carbons (Fsp3) is 0.833. The lowest BCUT2D eigenvalue weighted by Crippen LogP contribution is -2.35. The third kappa shape index (κ3) is 3.68. The van der Waals surface area contributed by atoms with Crippen LogP contribution in [-0.2, 0) is 4.79 Å². The third-order valence-corrected chi connectivity index (χ3v) is 3.55. The lowest BCUT2D eigenvalue weighted by Gasteiger charge is -2.21. The van der Waals surface area contributed by atoms with Crippen LogP contribution in [0.5, 0.6) is 0 Å². The van der Waals surface area contributed by atoms with Gasteiger partial charge in [-0.05, 0) is 24.7 Å². The zero-order valence-electron chi connectivity index (χ0n) is 9.95. The van der Waals surface area contributed by atoms with Crippen LogP contribution in [0.1, 0.15) is 33.1 Å². The number of carbonyl (C=O) groups is 1. The molecule has 0 aromatic carbocycles. The quantitative estimate of drug-likeness (QED) is 0.714. The van der Waals surface area contributed by atoms with Crippen LogP contribution >= 0.6 is 11.6 Å². The maximum Gasteiger partial charge on any atom is 0.222 e. The second-order valence-corrected chi connectivity index (χ2v) is 5.29. The zero-order chi connectivity index (χ0) is 12.1. The van der Waals surface area contributed by atoms with Crippen LogP contribution < -0.4 is 0 Å². The minimum Gasteiger partial charge on any atom is -0.340 e. The highest BCUT2D eigenvalue weighted by atomic mass is 35.5. The summed E-state index contributed by atoms with van der Waals surface area (Å²) in [4.78, 5) is 13.5. The number of halogens is 1. The van der Waals surface area contributed by atoms with Gasteiger partial charge in [-0.2, -0.15) is 5.26 Å². The molecule has 1 amide bonds. The lowest BCUT2D eigenvalue weighted by atomic mass is 9.89. The molecule has 1 aliphatic rings. The summed E-state index contributed by atoms with van der Waals surface area (Å²) < 4.78 is 0. The summed E-state index contributed by atoms with van der Waals surface area (Å²) in [5.74, 6) is 1.38. The molecule has 4 heteroatoms. The molecule has 0 bridgehead atoms. The largest absolute Gasteiger partial charge is 0.340 e. The van der Waals surface area contributed by atoms with Crippen LogP contribution in [0.2, 0.25) is 0 Å². The maximum absolute atomic E-state index is 11.8. The van der Waals surface area contributed by atoms with Gasteiger partial charge in [0.1, 0.15) is 5.38 Å². The molecule has 0 spiro atoms. The normalized spacial score (nSPS) is 24.1. The van der Waals surface area contributed by atoms with E-state index in [9.17, 15) is 4.79 Å². The van der Waals surface area contributed by atoms with Crippen LogP contribution in [0.15, 0.2) is 0 Å². The molecule has 2 unspecified atom stereocenters. The number of nitrogens with zero attached hydrogens (tertiary/aromatic N) is 2. The molecule has 3 nitrogen and oxygen atoms in total. The van der Waals surface area contributed by atoms with Gasteiger partial charge >= 0.3 is 0 Å². The summed E-state index contributed by atoms with van der Waals surface area (Å²) in [5.41, 5.74) is 0. The number of hydrogen-bond donors (Lipinski definition) is 0. The predicted molar refractivity (Wildman–Crippen MR) is 64.0 cm³/mol. The number of hydrogen-bond acceptors (Lipinski definition) is 2. The van der Waals surface area contributed by atoms with Crippen LogP contribution in [0, 0.1) is 23.2 Å². The van der Waals surface area contributed by atoms with E-state index in [2.05, 4.69) is 13.8 Å². The third-order valence-electron chi connectivity index (χ3n) is 3.32. The Morgan fingerprint density at radius 2 is 2.25 bits per heavy atom. The number of rotatable bonds is 3. The Morgan fingerprint density at radius 1 is 1.56 bits per heavy atom. The average Bonchev–Trinajstić information content (AvgIpc) is 2.42. The van der Waals surface area contributed by atoms with Crippen molar-refractivity contribution in [1.82, 2.24) is 4.90 Å². The fourth-order valence-corrected chi connectivity index (χ4v) is 2.32. The van der Waals surface area contributed by atoms with Crippen LogP contribution in [0.3, 0.4) is 0 Å². The van der Waals surface area contributed by atoms with Crippen molar-refractivity contribution in [2.45, 2.75) is 38.5 Å². The Labute approximate surface area is 102 Å². The summed E-state index contributed by atoms with van der Waals surface area (Å²) in [5, 5.41) is 8.06. The molecule has 0 N–H and O–H groups in total. The van der Waals surface area contributed by atoms with Gasteiger partial charge in [-0.25, -0.2) is 0 Å². The van der Waals surface area contributed by atoms with Crippen molar-refractivity contribution in [3.63, 3.8) is 0 Å². The standard InChI is InChI=1S/C12H19ClN2O/c1-9(2)10-3-4-12(16)15(6-5-10)8-11(13)7-14/h9-11H,3-6,8H2,1-2H3. The van der Waals surface area contributed by atoms with E-state index < -0.39 is 5.38 Å². The van der Waals surface area contributed by atoms with Crippen molar-refractivity contribution >= 4 is 17.5 Å². The smallest absolute Gasteiger partial charge is 0.222 e. The highest BCUT2D eigenvalue weighted by Crippen LogP contribution is 2.25. The number of nitriles is 1. The van der Waals surface area contributed by atoms with Crippen molar-refractivity contribution in [1.29, 1.82) is 5.26 Å². The summed E-state index contributed by atoms with van der Waals surface area (Å²) in [7, 11) is 0. The molecule has 2 atom stereocenters. The second-order valence-electron chi connectivity index (χ2n) is 4.77. The minimum absolute atomic E-state index is 0.143. The highest BCUT2D eigenvalue weighted by molar-refractivity contribution is 6.22. The van der Waals surface area contributed by atoms with Crippen molar-refractivity contribution in [3.8, 4) is 6.07 Å². The number of likely N-dealkylation sites (tertiary alicyclic amines) is 1. The number of amides is 1. The monoisotopic (exact) mass is 242 g/mol. The lowest BCUT2D eigenvalue weighted by molar-refractivity contribution is -0.130. The van der Waals surface area contributed by atoms with Crippen LogP contribution in [0.25, 0.3) is 0 Å². The van der Waals surface area contributed by atoms with E-state index in [-0.39, 0.29) is 5.91 Å². The van der Waals surface area contributed by atoms with Gasteiger partial charge in [0, 0.05) is 13.0 Å². The Balaban J connectivity index is 2.54. The molecule has 0 aromatic rings. The predicted octanol–water partition coefficient (Wildman–Crippen LogP) is 2.40. The highest BCUT2D eigenvalue weighted by Gasteiger charge is 2.25. The molecule has 90 valence electrons. The van der Waals surface area contributed by atoms with Crippen LogP contribution in [-0.4, -0.2) is 29.3 Å². The van der Waals surface area contributed by atoms with Gasteiger partial charge < -0.3 is 4.90 Å². The fourth-order valence-electron chi connectivity index (χ4n) is 2.15. The van der Waals surface area contributed by atoms with Crippen molar-refractivity contribution in [2.24, 2.45) is 11.8 Å². The van der Waals surface area contributed by atoms with E-state index in [1.807, 2.05) is 6.07 Å². The SMILES string of the molecule is CC(C)C1CCC(=O)N(CC(Cl)C#N)CC1. The summed E-state index contributed by atoms with van der Waals surface area (Å²) in [6, 6.07) is 1.96. The first-order valence-electron chi connectivity index (χ1n) is 5.86. The topological polar surface area (TPSA) is 44.1 Å². The minimum atomic E-state index is -0.584. The maximum atomic E-state index is 11.8. The first kappa shape index (κ1) is 13.3. The van der Waals surface area contributed by atoms with Crippen molar-refractivity contribution in [2.75, 3.05) is 13.1 Å². The van der Waals surface area contributed by atoms with Crippen molar-refractivity contribution < 1.29 is 4.79 Å². The van der Waals surface area contributed by atoms with E-state index in [1.54, 1.807) is 4.90 Å². The van der Waals surface area contributed by atoms with Gasteiger partial charge in [-0.1, -0.05) is 13.8 Å². The van der Waals surface area contributed by atoms with E-state index in [0.717, 1.165) is 19.4 Å². The molecule has 1 fully saturated rings. The molecular formula is C12H19ClN2O. The molecular weight excluding hydrogens is 224 g/mol. The summed E-state index contributed by atoms with van der Waals surface area (Å²) in [6.07, 6.45) is 2.59. The van der Waals surface area contributed by atoms with E-state index in [1.165, 1.54) is 0 Å². The van der Waals surface area contributed by atoms with Gasteiger partial charge in [0.05, 0.1) is 12.6 Å². The zero-order valence-corrected chi connectivity index (χ0v) is 10.7. The van der Waals surface area contributed by atoms with Gasteiger partial charge in [-0.15, -0.1) is 11.6 Å². The van der Waals surface area contributed by atoms with Gasteiger partial charge in [-0.3, -0.25) is 4.79 Å². The molecule has 0 radical (unpaired) electrons. The molecule has 0 aliphatic carbocycles. The van der Waals surface area contributed by atoms with Crippen LogP contribution in [0.4, 0.5) is 0 Å². The average molecular weight is 243 g/mol. The Bertz CT molecular complexity index is 285. The number of alkyl halides is 1. The molecule has 16 heavy (non-hydrogen) atoms. The van der Waals surface area contributed by atoms with Crippen molar-refractivity contribution in [3.05, 3.63) is 0 Å². The first-order valence-corrected chi connectivity index (χ1v) is 6.29. The molecule has 1 saturated heterocycles. The van der Waals surface area contributed by atoms with E-state index in [4.69, 9.17) is 16.9 Å². The first-order chi connectivity index (χ1) is 7.54. The molecule has 1 aliphatic heterocycles. The second kappa shape index (κ2) is 6.10. The van der Waals surface area contributed by atoms with E-state index in [0.29, 0.717) is 24.8 Å². The summed E-state index contributed by atoms with van der Waals surface area (Å²) in [6.45, 7) is 5.50. The molecule has 0 aromatic heterocycles.